The van der Waals surface area contributed by atoms with Crippen LogP contribution in [0, 0.1) is 5.92 Å². The van der Waals surface area contributed by atoms with Gasteiger partial charge in [0.1, 0.15) is 5.82 Å². The van der Waals surface area contributed by atoms with Crippen molar-refractivity contribution in [2.24, 2.45) is 5.92 Å². The summed E-state index contributed by atoms with van der Waals surface area (Å²) in [5.41, 5.74) is 5.67. The SMILES string of the molecule is CC(O)(c1cccnc1N)C1CC1. The Morgan fingerprint density at radius 3 is 2.85 bits per heavy atom. The van der Waals surface area contributed by atoms with E-state index in [9.17, 15) is 5.11 Å². The molecular formula is C10H14N2O. The molecule has 2 rings (SSSR count). The zero-order valence-corrected chi connectivity index (χ0v) is 7.70. The first-order chi connectivity index (χ1) is 6.12. The highest BCUT2D eigenvalue weighted by Crippen LogP contribution is 2.46. The van der Waals surface area contributed by atoms with Crippen molar-refractivity contribution in [1.82, 2.24) is 4.98 Å². The van der Waals surface area contributed by atoms with Crippen molar-refractivity contribution in [2.45, 2.75) is 25.4 Å². The Morgan fingerprint density at radius 2 is 2.31 bits per heavy atom. The van der Waals surface area contributed by atoms with Gasteiger partial charge in [0.15, 0.2) is 0 Å². The van der Waals surface area contributed by atoms with Gasteiger partial charge in [-0.15, -0.1) is 0 Å². The van der Waals surface area contributed by atoms with Gasteiger partial charge in [0.05, 0.1) is 5.60 Å². The quantitative estimate of drug-likeness (QED) is 0.717. The van der Waals surface area contributed by atoms with Crippen molar-refractivity contribution in [3.63, 3.8) is 0 Å². The molecule has 13 heavy (non-hydrogen) atoms. The normalized spacial score (nSPS) is 21.1. The summed E-state index contributed by atoms with van der Waals surface area (Å²) in [6.45, 7) is 1.82. The zero-order chi connectivity index (χ0) is 9.47. The number of hydrogen-bond acceptors (Lipinski definition) is 3. The fourth-order valence-electron chi connectivity index (χ4n) is 1.71. The van der Waals surface area contributed by atoms with E-state index in [1.165, 1.54) is 0 Å². The molecule has 0 aliphatic heterocycles. The Bertz CT molecular complexity index is 318. The van der Waals surface area contributed by atoms with Gasteiger partial charge >= 0.3 is 0 Å². The molecule has 1 aliphatic rings. The molecule has 0 amide bonds. The lowest BCUT2D eigenvalue weighted by Gasteiger charge is -2.24. The summed E-state index contributed by atoms with van der Waals surface area (Å²) in [4.78, 5) is 3.97. The van der Waals surface area contributed by atoms with E-state index < -0.39 is 5.60 Å². The third kappa shape index (κ3) is 1.40. The minimum atomic E-state index is -0.793. The Labute approximate surface area is 77.6 Å². The first kappa shape index (κ1) is 8.51. The van der Waals surface area contributed by atoms with Crippen LogP contribution in [0.3, 0.4) is 0 Å². The van der Waals surface area contributed by atoms with Crippen molar-refractivity contribution >= 4 is 5.82 Å². The van der Waals surface area contributed by atoms with Crippen molar-refractivity contribution in [1.29, 1.82) is 0 Å². The van der Waals surface area contributed by atoms with Crippen LogP contribution in [0.15, 0.2) is 18.3 Å². The predicted octanol–water partition coefficient (Wildman–Crippen LogP) is 1.28. The van der Waals surface area contributed by atoms with Gasteiger partial charge in [-0.25, -0.2) is 4.98 Å². The summed E-state index contributed by atoms with van der Waals surface area (Å²) < 4.78 is 0. The molecular weight excluding hydrogens is 164 g/mol. The molecule has 1 unspecified atom stereocenters. The van der Waals surface area contributed by atoms with Gasteiger partial charge in [-0.1, -0.05) is 6.07 Å². The largest absolute Gasteiger partial charge is 0.385 e. The molecule has 0 radical (unpaired) electrons. The molecule has 70 valence electrons. The lowest BCUT2D eigenvalue weighted by Crippen LogP contribution is -2.25. The number of hydrogen-bond donors (Lipinski definition) is 2. The average molecular weight is 178 g/mol. The van der Waals surface area contributed by atoms with Crippen LogP contribution in [0.5, 0.6) is 0 Å². The topological polar surface area (TPSA) is 59.1 Å². The van der Waals surface area contributed by atoms with Crippen molar-refractivity contribution in [3.8, 4) is 0 Å². The number of aliphatic hydroxyl groups is 1. The highest BCUT2D eigenvalue weighted by atomic mass is 16.3. The summed E-state index contributed by atoms with van der Waals surface area (Å²) in [6, 6.07) is 3.66. The van der Waals surface area contributed by atoms with Crippen LogP contribution in [-0.4, -0.2) is 10.1 Å². The Morgan fingerprint density at radius 1 is 1.62 bits per heavy atom. The van der Waals surface area contributed by atoms with Gasteiger partial charge in [-0.3, -0.25) is 0 Å². The first-order valence-corrected chi connectivity index (χ1v) is 4.55. The zero-order valence-electron chi connectivity index (χ0n) is 7.70. The van der Waals surface area contributed by atoms with E-state index >= 15 is 0 Å². The maximum atomic E-state index is 10.2. The monoisotopic (exact) mass is 178 g/mol. The molecule has 1 fully saturated rings. The highest BCUT2D eigenvalue weighted by Gasteiger charge is 2.42. The summed E-state index contributed by atoms with van der Waals surface area (Å²) in [6.07, 6.45) is 3.81. The highest BCUT2D eigenvalue weighted by molar-refractivity contribution is 5.43. The van der Waals surface area contributed by atoms with Crippen LogP contribution in [-0.2, 0) is 5.60 Å². The molecule has 1 heterocycles. The van der Waals surface area contributed by atoms with Gasteiger partial charge < -0.3 is 10.8 Å². The molecule has 0 saturated heterocycles. The second kappa shape index (κ2) is 2.70. The van der Waals surface area contributed by atoms with E-state index in [2.05, 4.69) is 4.98 Å². The lowest BCUT2D eigenvalue weighted by molar-refractivity contribution is 0.0336. The molecule has 1 aromatic heterocycles. The van der Waals surface area contributed by atoms with E-state index in [1.807, 2.05) is 19.1 Å². The summed E-state index contributed by atoms with van der Waals surface area (Å²) in [7, 11) is 0. The molecule has 1 aromatic rings. The second-order valence-corrected chi connectivity index (χ2v) is 3.86. The van der Waals surface area contributed by atoms with Crippen LogP contribution in [0.2, 0.25) is 0 Å². The standard InChI is InChI=1S/C10H14N2O/c1-10(13,7-4-5-7)8-3-2-6-12-9(8)11/h2-3,6-7,13H,4-5H2,1H3,(H2,11,12). The number of nitrogens with zero attached hydrogens (tertiary/aromatic N) is 1. The molecule has 1 saturated carbocycles. The van der Waals surface area contributed by atoms with Crippen LogP contribution in [0.25, 0.3) is 0 Å². The third-order valence-corrected chi connectivity index (χ3v) is 2.76. The van der Waals surface area contributed by atoms with Crippen molar-refractivity contribution < 1.29 is 5.11 Å². The van der Waals surface area contributed by atoms with E-state index in [0.29, 0.717) is 11.7 Å². The minimum Gasteiger partial charge on any atom is -0.385 e. The van der Waals surface area contributed by atoms with E-state index in [4.69, 9.17) is 5.73 Å². The van der Waals surface area contributed by atoms with Crippen LogP contribution in [0.1, 0.15) is 25.3 Å². The average Bonchev–Trinajstić information content (AvgIpc) is 2.86. The molecule has 1 atom stereocenters. The third-order valence-electron chi connectivity index (χ3n) is 2.76. The number of pyridine rings is 1. The molecule has 3 nitrogen and oxygen atoms in total. The van der Waals surface area contributed by atoms with Crippen LogP contribution >= 0.6 is 0 Å². The van der Waals surface area contributed by atoms with Crippen molar-refractivity contribution in [3.05, 3.63) is 23.9 Å². The predicted molar refractivity (Wildman–Crippen MR) is 50.9 cm³/mol. The van der Waals surface area contributed by atoms with Crippen molar-refractivity contribution in [2.75, 3.05) is 5.73 Å². The number of nitrogen functional groups attached to an aromatic ring is 1. The van der Waals surface area contributed by atoms with E-state index in [1.54, 1.807) is 6.20 Å². The summed E-state index contributed by atoms with van der Waals surface area (Å²) >= 11 is 0. The number of aromatic nitrogens is 1. The van der Waals surface area contributed by atoms with E-state index in [-0.39, 0.29) is 0 Å². The maximum Gasteiger partial charge on any atom is 0.129 e. The Hall–Kier alpha value is -1.09. The fourth-order valence-corrected chi connectivity index (χ4v) is 1.71. The van der Waals surface area contributed by atoms with Gasteiger partial charge in [0.25, 0.3) is 0 Å². The lowest BCUT2D eigenvalue weighted by atomic mass is 9.91. The van der Waals surface area contributed by atoms with Crippen LogP contribution in [0.4, 0.5) is 5.82 Å². The van der Waals surface area contributed by atoms with Crippen LogP contribution < -0.4 is 5.73 Å². The van der Waals surface area contributed by atoms with E-state index in [0.717, 1.165) is 18.4 Å². The number of rotatable bonds is 2. The number of nitrogens with two attached hydrogens (primary N) is 1. The Kier molecular flexibility index (Phi) is 1.77. The fraction of sp³-hybridized carbons (Fsp3) is 0.500. The van der Waals surface area contributed by atoms with Gasteiger partial charge in [-0.05, 0) is 31.7 Å². The maximum absolute atomic E-state index is 10.2. The molecule has 0 aromatic carbocycles. The first-order valence-electron chi connectivity index (χ1n) is 4.55. The Balaban J connectivity index is 2.38. The van der Waals surface area contributed by atoms with Gasteiger partial charge in [-0.2, -0.15) is 0 Å². The molecule has 1 aliphatic carbocycles. The molecule has 3 N–H and O–H groups in total. The van der Waals surface area contributed by atoms with Gasteiger partial charge in [0.2, 0.25) is 0 Å². The number of anilines is 1. The summed E-state index contributed by atoms with van der Waals surface area (Å²) in [5, 5.41) is 10.2. The molecule has 0 bridgehead atoms. The molecule has 3 heteroatoms. The molecule has 0 spiro atoms. The second-order valence-electron chi connectivity index (χ2n) is 3.86. The smallest absolute Gasteiger partial charge is 0.129 e. The summed E-state index contributed by atoms with van der Waals surface area (Å²) in [5.74, 6) is 0.804. The van der Waals surface area contributed by atoms with Gasteiger partial charge in [0, 0.05) is 11.8 Å². The minimum absolute atomic E-state index is 0.360.